The number of hydrogen-bond acceptors (Lipinski definition) is 4. The Hall–Kier alpha value is -3.80. The van der Waals surface area contributed by atoms with Gasteiger partial charge in [0.1, 0.15) is 11.8 Å². The highest BCUT2D eigenvalue weighted by atomic mass is 16.3. The van der Waals surface area contributed by atoms with E-state index in [1.54, 1.807) is 41.3 Å². The van der Waals surface area contributed by atoms with Crippen LogP contribution in [0, 0.1) is 0 Å². The van der Waals surface area contributed by atoms with E-state index in [0.717, 1.165) is 11.4 Å². The average molecular weight is 413 g/mol. The molecule has 1 N–H and O–H groups in total. The summed E-state index contributed by atoms with van der Waals surface area (Å²) in [6.07, 6.45) is 1.57. The summed E-state index contributed by atoms with van der Waals surface area (Å²) in [7, 11) is 1.78. The van der Waals surface area contributed by atoms with Gasteiger partial charge in [-0.05, 0) is 50.2 Å². The van der Waals surface area contributed by atoms with Crippen LogP contribution in [0.5, 0.6) is 0 Å². The molecule has 6 heteroatoms. The second-order valence-electron chi connectivity index (χ2n) is 8.31. The first-order valence-electron chi connectivity index (χ1n) is 10.2. The van der Waals surface area contributed by atoms with Crippen LogP contribution < -0.4 is 10.2 Å². The number of hydrogen-bond donors (Lipinski definition) is 1. The molecule has 1 atom stereocenters. The van der Waals surface area contributed by atoms with Crippen molar-refractivity contribution in [2.45, 2.75) is 25.4 Å². The molecule has 0 radical (unpaired) electrons. The van der Waals surface area contributed by atoms with E-state index in [-0.39, 0.29) is 11.8 Å². The Kier molecular flexibility index (Phi) is 4.25. The van der Waals surface area contributed by atoms with Crippen molar-refractivity contribution in [2.24, 2.45) is 0 Å². The summed E-state index contributed by atoms with van der Waals surface area (Å²) >= 11 is 0. The number of fused-ring (bicyclic) bond motifs is 1. The van der Waals surface area contributed by atoms with Crippen molar-refractivity contribution in [2.75, 3.05) is 17.3 Å². The molecule has 2 amide bonds. The maximum Gasteiger partial charge on any atom is 0.259 e. The zero-order chi connectivity index (χ0) is 21.8. The Morgan fingerprint density at radius 2 is 1.71 bits per heavy atom. The first-order chi connectivity index (χ1) is 14.9. The number of nitrogens with one attached hydrogen (secondary N) is 1. The van der Waals surface area contributed by atoms with Crippen molar-refractivity contribution >= 4 is 23.2 Å². The highest BCUT2D eigenvalue weighted by molar-refractivity contribution is 6.12. The first kappa shape index (κ1) is 19.2. The number of carbonyl (C=O) groups excluding carboxylic acids is 2. The van der Waals surface area contributed by atoms with E-state index in [2.05, 4.69) is 5.32 Å². The van der Waals surface area contributed by atoms with E-state index in [1.807, 2.05) is 62.4 Å². The van der Waals surface area contributed by atoms with Crippen LogP contribution in [0.25, 0.3) is 0 Å². The maximum atomic E-state index is 13.9. The van der Waals surface area contributed by atoms with Gasteiger partial charge in [-0.25, -0.2) is 0 Å². The molecule has 3 heterocycles. The van der Waals surface area contributed by atoms with Gasteiger partial charge in [0.2, 0.25) is 0 Å². The smallest absolute Gasteiger partial charge is 0.259 e. The molecule has 156 valence electrons. The second kappa shape index (κ2) is 6.87. The molecule has 2 aromatic carbocycles. The number of anilines is 2. The summed E-state index contributed by atoms with van der Waals surface area (Å²) in [5.74, 6) is 0.201. The quantitative estimate of drug-likeness (QED) is 0.667. The summed E-state index contributed by atoms with van der Waals surface area (Å²) in [5, 5.41) is 3.48. The van der Waals surface area contributed by atoms with Crippen LogP contribution >= 0.6 is 0 Å². The third kappa shape index (κ3) is 2.79. The number of furan rings is 1. The van der Waals surface area contributed by atoms with Gasteiger partial charge in [0.05, 0.1) is 34.4 Å². The molecule has 0 saturated carbocycles. The van der Waals surface area contributed by atoms with Crippen LogP contribution in [-0.4, -0.2) is 29.3 Å². The number of nitrogens with zero attached hydrogens (tertiary/aromatic N) is 2. The van der Waals surface area contributed by atoms with Gasteiger partial charge in [0, 0.05) is 12.6 Å². The fourth-order valence-electron chi connectivity index (χ4n) is 4.37. The van der Waals surface area contributed by atoms with Gasteiger partial charge in [0.15, 0.2) is 0 Å². The molecule has 0 fully saturated rings. The number of likely N-dealkylation sites (N-methyl/N-ethyl adjacent to an activating group) is 1. The summed E-state index contributed by atoms with van der Waals surface area (Å²) in [4.78, 5) is 30.8. The van der Waals surface area contributed by atoms with Gasteiger partial charge in [-0.3, -0.25) is 14.5 Å². The fraction of sp³-hybridized carbons (Fsp3) is 0.200. The van der Waals surface area contributed by atoms with Crippen LogP contribution in [-0.2, 0) is 4.79 Å². The highest BCUT2D eigenvalue weighted by Crippen LogP contribution is 2.48. The van der Waals surface area contributed by atoms with Crippen LogP contribution in [0.1, 0.15) is 36.0 Å². The molecule has 1 aromatic heterocycles. The summed E-state index contributed by atoms with van der Waals surface area (Å²) in [5.41, 5.74) is 2.72. The van der Waals surface area contributed by atoms with Crippen LogP contribution in [0.2, 0.25) is 0 Å². The lowest BCUT2D eigenvalue weighted by Crippen LogP contribution is -2.43. The number of carbonyl (C=O) groups is 2. The topological polar surface area (TPSA) is 65.8 Å². The zero-order valence-electron chi connectivity index (χ0n) is 17.6. The molecule has 2 aliphatic heterocycles. The molecule has 6 nitrogen and oxygen atoms in total. The molecule has 5 rings (SSSR count). The fourth-order valence-corrected chi connectivity index (χ4v) is 4.37. The SMILES string of the molecule is CN1C(=O)C2=C(Nc3ccccc3N(C(=O)c3ccccc3)C2c2ccco2)C1(C)C. The van der Waals surface area contributed by atoms with E-state index in [9.17, 15) is 9.59 Å². The zero-order valence-corrected chi connectivity index (χ0v) is 17.6. The molecule has 0 aliphatic carbocycles. The van der Waals surface area contributed by atoms with Gasteiger partial charge < -0.3 is 14.6 Å². The van der Waals surface area contributed by atoms with Crippen molar-refractivity contribution in [3.05, 3.63) is 95.6 Å². The van der Waals surface area contributed by atoms with E-state index in [1.165, 1.54) is 0 Å². The number of para-hydroxylation sites is 2. The Bertz CT molecular complexity index is 1200. The number of rotatable bonds is 2. The van der Waals surface area contributed by atoms with Gasteiger partial charge in [-0.15, -0.1) is 0 Å². The molecule has 31 heavy (non-hydrogen) atoms. The highest BCUT2D eigenvalue weighted by Gasteiger charge is 2.51. The lowest BCUT2D eigenvalue weighted by atomic mass is 9.95. The third-order valence-corrected chi connectivity index (χ3v) is 6.26. The van der Waals surface area contributed by atoms with Crippen molar-refractivity contribution in [3.63, 3.8) is 0 Å². The Balaban J connectivity index is 1.81. The predicted molar refractivity (Wildman–Crippen MR) is 119 cm³/mol. The van der Waals surface area contributed by atoms with Crippen LogP contribution in [0.3, 0.4) is 0 Å². The minimum absolute atomic E-state index is 0.132. The molecule has 0 bridgehead atoms. The summed E-state index contributed by atoms with van der Waals surface area (Å²) in [6.45, 7) is 3.99. The predicted octanol–water partition coefficient (Wildman–Crippen LogP) is 4.60. The standard InChI is InChI=1S/C25H23N3O3/c1-25(2)22-20(24(30)27(25)3)21(19-14-9-15-31-19)28(18-13-8-7-12-17(18)26-22)23(29)16-10-5-4-6-11-16/h4-15,21,26H,1-3H3. The van der Waals surface area contributed by atoms with Crippen LogP contribution in [0.4, 0.5) is 11.4 Å². The molecule has 0 spiro atoms. The molecule has 0 saturated heterocycles. The normalized spacial score (nSPS) is 19.6. The Morgan fingerprint density at radius 3 is 2.42 bits per heavy atom. The van der Waals surface area contributed by atoms with Gasteiger partial charge in [0.25, 0.3) is 11.8 Å². The van der Waals surface area contributed by atoms with Crippen molar-refractivity contribution in [3.8, 4) is 0 Å². The largest absolute Gasteiger partial charge is 0.467 e. The van der Waals surface area contributed by atoms with Crippen molar-refractivity contribution in [1.82, 2.24) is 4.90 Å². The van der Waals surface area contributed by atoms with Gasteiger partial charge >= 0.3 is 0 Å². The first-order valence-corrected chi connectivity index (χ1v) is 10.2. The van der Waals surface area contributed by atoms with E-state index < -0.39 is 11.6 Å². The van der Waals surface area contributed by atoms with E-state index in [0.29, 0.717) is 22.6 Å². The molecular weight excluding hydrogens is 390 g/mol. The summed E-state index contributed by atoms with van der Waals surface area (Å²) in [6, 6.07) is 19.6. The van der Waals surface area contributed by atoms with Gasteiger partial charge in [-0.1, -0.05) is 30.3 Å². The summed E-state index contributed by atoms with van der Waals surface area (Å²) < 4.78 is 5.79. The number of amides is 2. The lowest BCUT2D eigenvalue weighted by Gasteiger charge is -2.33. The van der Waals surface area contributed by atoms with Crippen LogP contribution in [0.15, 0.2) is 88.7 Å². The van der Waals surface area contributed by atoms with Crippen molar-refractivity contribution < 1.29 is 14.0 Å². The Morgan fingerprint density at radius 1 is 1.00 bits per heavy atom. The minimum atomic E-state index is -0.703. The Labute approximate surface area is 180 Å². The molecule has 1 unspecified atom stereocenters. The minimum Gasteiger partial charge on any atom is -0.467 e. The lowest BCUT2D eigenvalue weighted by molar-refractivity contribution is -0.127. The second-order valence-corrected chi connectivity index (χ2v) is 8.31. The number of benzene rings is 2. The van der Waals surface area contributed by atoms with E-state index in [4.69, 9.17) is 4.42 Å². The average Bonchev–Trinajstić information content (AvgIpc) is 3.32. The molecule has 2 aliphatic rings. The van der Waals surface area contributed by atoms with Crippen molar-refractivity contribution in [1.29, 1.82) is 0 Å². The molecular formula is C25H23N3O3. The van der Waals surface area contributed by atoms with Gasteiger partial charge in [-0.2, -0.15) is 0 Å². The third-order valence-electron chi connectivity index (χ3n) is 6.26. The van der Waals surface area contributed by atoms with E-state index >= 15 is 0 Å². The maximum absolute atomic E-state index is 13.9. The monoisotopic (exact) mass is 413 g/mol. The molecule has 3 aromatic rings.